The number of aliphatic hydroxyl groups excluding tert-OH is 1. The second-order valence-electron chi connectivity index (χ2n) is 5.32. The number of nitrogen functional groups attached to an aromatic ring is 1. The van der Waals surface area contributed by atoms with Crippen molar-refractivity contribution in [2.45, 2.75) is 39.2 Å². The van der Waals surface area contributed by atoms with Gasteiger partial charge in [0.1, 0.15) is 0 Å². The van der Waals surface area contributed by atoms with E-state index in [9.17, 15) is 9.90 Å². The first-order valence-corrected chi connectivity index (χ1v) is 6.76. The fourth-order valence-corrected chi connectivity index (χ4v) is 1.99. The molecule has 0 aliphatic carbocycles. The maximum Gasteiger partial charge on any atom is 0.220 e. The van der Waals surface area contributed by atoms with Crippen LogP contribution in [0.15, 0.2) is 24.3 Å². The molecule has 4 nitrogen and oxygen atoms in total. The number of anilines is 1. The molecule has 1 aromatic carbocycles. The molecule has 0 aromatic heterocycles. The normalized spacial score (nSPS) is 12.4. The van der Waals surface area contributed by atoms with Crippen LogP contribution in [0.3, 0.4) is 0 Å². The predicted molar refractivity (Wildman–Crippen MR) is 77.6 cm³/mol. The topological polar surface area (TPSA) is 75.3 Å². The highest BCUT2D eigenvalue weighted by molar-refractivity contribution is 5.76. The average Bonchev–Trinajstić information content (AvgIpc) is 2.36. The number of nitrogens with two attached hydrogens (primary N) is 1. The zero-order valence-corrected chi connectivity index (χ0v) is 11.7. The van der Waals surface area contributed by atoms with Crippen molar-refractivity contribution in [3.8, 4) is 0 Å². The van der Waals surface area contributed by atoms with E-state index in [0.29, 0.717) is 18.8 Å². The van der Waals surface area contributed by atoms with Crippen molar-refractivity contribution in [3.05, 3.63) is 29.8 Å². The van der Waals surface area contributed by atoms with Gasteiger partial charge in [-0.3, -0.25) is 4.79 Å². The first kappa shape index (κ1) is 15.5. The van der Waals surface area contributed by atoms with E-state index in [1.807, 2.05) is 24.3 Å². The van der Waals surface area contributed by atoms with E-state index in [4.69, 9.17) is 5.73 Å². The Bertz CT molecular complexity index is 388. The summed E-state index contributed by atoms with van der Waals surface area (Å²) in [6.45, 7) is 4.14. The Balaban J connectivity index is 2.36. The largest absolute Gasteiger partial charge is 0.399 e. The molecule has 0 fully saturated rings. The molecule has 0 heterocycles. The highest BCUT2D eigenvalue weighted by Gasteiger charge is 2.12. The lowest BCUT2D eigenvalue weighted by Crippen LogP contribution is -2.38. The quantitative estimate of drug-likeness (QED) is 0.656. The van der Waals surface area contributed by atoms with Crippen molar-refractivity contribution in [2.75, 3.05) is 12.3 Å². The molecule has 4 heteroatoms. The first-order valence-electron chi connectivity index (χ1n) is 6.76. The van der Waals surface area contributed by atoms with Crippen LogP contribution >= 0.6 is 0 Å². The summed E-state index contributed by atoms with van der Waals surface area (Å²) in [5, 5.41) is 12.1. The summed E-state index contributed by atoms with van der Waals surface area (Å²) in [7, 11) is 0. The van der Waals surface area contributed by atoms with Gasteiger partial charge in [-0.25, -0.2) is 0 Å². The predicted octanol–water partition coefficient (Wildman–Crippen LogP) is 1.72. The molecule has 0 spiro atoms. The van der Waals surface area contributed by atoms with Crippen molar-refractivity contribution < 1.29 is 9.90 Å². The van der Waals surface area contributed by atoms with Gasteiger partial charge >= 0.3 is 0 Å². The van der Waals surface area contributed by atoms with E-state index >= 15 is 0 Å². The number of rotatable bonds is 7. The lowest BCUT2D eigenvalue weighted by atomic mass is 10.0. The summed E-state index contributed by atoms with van der Waals surface area (Å²) in [5.74, 6) is 0.436. The molecule has 0 aliphatic rings. The van der Waals surface area contributed by atoms with Crippen molar-refractivity contribution in [3.63, 3.8) is 0 Å². The van der Waals surface area contributed by atoms with Crippen molar-refractivity contribution in [2.24, 2.45) is 5.92 Å². The number of hydrogen-bond donors (Lipinski definition) is 3. The van der Waals surface area contributed by atoms with Gasteiger partial charge in [0, 0.05) is 12.1 Å². The van der Waals surface area contributed by atoms with Gasteiger partial charge in [0.25, 0.3) is 0 Å². The molecule has 1 aromatic rings. The van der Waals surface area contributed by atoms with E-state index in [0.717, 1.165) is 17.7 Å². The molecule has 4 N–H and O–H groups in total. The number of aliphatic hydroxyl groups is 1. The van der Waals surface area contributed by atoms with Crippen molar-refractivity contribution in [1.29, 1.82) is 0 Å². The zero-order valence-electron chi connectivity index (χ0n) is 11.7. The Morgan fingerprint density at radius 3 is 2.47 bits per heavy atom. The number of hydrogen-bond acceptors (Lipinski definition) is 3. The van der Waals surface area contributed by atoms with Crippen molar-refractivity contribution in [1.82, 2.24) is 5.32 Å². The summed E-state index contributed by atoms with van der Waals surface area (Å²) < 4.78 is 0. The Kier molecular flexibility index (Phi) is 6.36. The molecule has 19 heavy (non-hydrogen) atoms. The molecule has 1 atom stereocenters. The van der Waals surface area contributed by atoms with Gasteiger partial charge in [0.2, 0.25) is 5.91 Å². The third-order valence-corrected chi connectivity index (χ3v) is 2.96. The molecule has 0 saturated carbocycles. The lowest BCUT2D eigenvalue weighted by Gasteiger charge is -2.18. The van der Waals surface area contributed by atoms with E-state index < -0.39 is 0 Å². The van der Waals surface area contributed by atoms with Gasteiger partial charge in [-0.1, -0.05) is 26.0 Å². The second kappa shape index (κ2) is 7.79. The van der Waals surface area contributed by atoms with Crippen LogP contribution in [-0.4, -0.2) is 23.7 Å². The smallest absolute Gasteiger partial charge is 0.220 e. The van der Waals surface area contributed by atoms with Gasteiger partial charge in [-0.15, -0.1) is 0 Å². The number of amides is 1. The first-order chi connectivity index (χ1) is 9.01. The second-order valence-corrected chi connectivity index (χ2v) is 5.32. The Morgan fingerprint density at radius 2 is 1.95 bits per heavy atom. The maximum absolute atomic E-state index is 11.8. The number of aryl methyl sites for hydroxylation is 1. The maximum atomic E-state index is 11.8. The molecule has 0 radical (unpaired) electrons. The van der Waals surface area contributed by atoms with E-state index in [-0.39, 0.29) is 18.6 Å². The highest BCUT2D eigenvalue weighted by atomic mass is 16.3. The van der Waals surface area contributed by atoms with E-state index in [2.05, 4.69) is 19.2 Å². The minimum absolute atomic E-state index is 0.00814. The molecule has 106 valence electrons. The van der Waals surface area contributed by atoms with Gasteiger partial charge < -0.3 is 16.2 Å². The number of carbonyl (C=O) groups is 1. The Labute approximate surface area is 115 Å². The zero-order chi connectivity index (χ0) is 14.3. The highest BCUT2D eigenvalue weighted by Crippen LogP contribution is 2.08. The van der Waals surface area contributed by atoms with Crippen LogP contribution in [0.5, 0.6) is 0 Å². The van der Waals surface area contributed by atoms with Crippen LogP contribution in [0.4, 0.5) is 5.69 Å². The summed E-state index contributed by atoms with van der Waals surface area (Å²) in [5.41, 5.74) is 7.42. The van der Waals surface area contributed by atoms with Crippen LogP contribution < -0.4 is 11.1 Å². The van der Waals surface area contributed by atoms with Crippen molar-refractivity contribution >= 4 is 11.6 Å². The number of carbonyl (C=O) groups excluding carboxylic acids is 1. The van der Waals surface area contributed by atoms with Gasteiger partial charge in [0.05, 0.1) is 12.6 Å². The molecule has 1 rings (SSSR count). The molecule has 1 amide bonds. The summed E-state index contributed by atoms with van der Waals surface area (Å²) >= 11 is 0. The van der Waals surface area contributed by atoms with Crippen LogP contribution in [-0.2, 0) is 11.2 Å². The van der Waals surface area contributed by atoms with E-state index in [1.165, 1.54) is 0 Å². The van der Waals surface area contributed by atoms with Gasteiger partial charge in [-0.2, -0.15) is 0 Å². The molecule has 0 aliphatic heterocycles. The summed E-state index contributed by atoms with van der Waals surface area (Å²) in [6, 6.07) is 7.39. The number of nitrogens with one attached hydrogen (secondary N) is 1. The average molecular weight is 264 g/mol. The molecule has 0 bridgehead atoms. The minimum atomic E-state index is -0.140. The molecular weight excluding hydrogens is 240 g/mol. The Hall–Kier alpha value is -1.55. The van der Waals surface area contributed by atoms with E-state index in [1.54, 1.807) is 0 Å². The molecule has 1 unspecified atom stereocenters. The van der Waals surface area contributed by atoms with Crippen LogP contribution in [0.1, 0.15) is 32.3 Å². The third kappa shape index (κ3) is 6.25. The fraction of sp³-hybridized carbons (Fsp3) is 0.533. The fourth-order valence-electron chi connectivity index (χ4n) is 1.99. The third-order valence-electron chi connectivity index (χ3n) is 2.96. The monoisotopic (exact) mass is 264 g/mol. The SMILES string of the molecule is CC(C)CC(CO)NC(=O)CCc1ccc(N)cc1. The lowest BCUT2D eigenvalue weighted by molar-refractivity contribution is -0.122. The Morgan fingerprint density at radius 1 is 1.32 bits per heavy atom. The minimum Gasteiger partial charge on any atom is -0.399 e. The van der Waals surface area contributed by atoms with Gasteiger partial charge in [-0.05, 0) is 36.5 Å². The molecule has 0 saturated heterocycles. The number of benzene rings is 1. The summed E-state index contributed by atoms with van der Waals surface area (Å²) in [6.07, 6.45) is 1.91. The summed E-state index contributed by atoms with van der Waals surface area (Å²) in [4.78, 5) is 11.8. The standard InChI is InChI=1S/C15H24N2O2/c1-11(2)9-14(10-18)17-15(19)8-5-12-3-6-13(16)7-4-12/h3-4,6-7,11,14,18H,5,8-10,16H2,1-2H3,(H,17,19). The molecular formula is C15H24N2O2. The van der Waals surface area contributed by atoms with Crippen LogP contribution in [0, 0.1) is 5.92 Å². The van der Waals surface area contributed by atoms with Crippen LogP contribution in [0.2, 0.25) is 0 Å². The van der Waals surface area contributed by atoms with Gasteiger partial charge in [0.15, 0.2) is 0 Å². The van der Waals surface area contributed by atoms with Crippen LogP contribution in [0.25, 0.3) is 0 Å².